The van der Waals surface area contributed by atoms with Gasteiger partial charge in [0.25, 0.3) is 0 Å². The van der Waals surface area contributed by atoms with Crippen LogP contribution in [0.5, 0.6) is 11.6 Å². The van der Waals surface area contributed by atoms with Gasteiger partial charge in [-0.25, -0.2) is 4.98 Å². The lowest BCUT2D eigenvalue weighted by Gasteiger charge is -2.11. The molecule has 0 spiro atoms. The third-order valence-corrected chi connectivity index (χ3v) is 3.18. The minimum Gasteiger partial charge on any atom is -0.493 e. The van der Waals surface area contributed by atoms with Crippen LogP contribution in [0.3, 0.4) is 0 Å². The van der Waals surface area contributed by atoms with E-state index in [1.807, 2.05) is 39.0 Å². The van der Waals surface area contributed by atoms with Gasteiger partial charge in [-0.3, -0.25) is 0 Å². The number of ether oxygens (including phenoxy) is 2. The molecular formula is C16H19ClN2O2. The molecule has 0 N–H and O–H groups in total. The van der Waals surface area contributed by atoms with Crippen LogP contribution in [-0.4, -0.2) is 23.2 Å². The number of rotatable bonds is 6. The summed E-state index contributed by atoms with van der Waals surface area (Å²) in [5.41, 5.74) is 2.24. The first kappa shape index (κ1) is 15.6. The van der Waals surface area contributed by atoms with Gasteiger partial charge in [-0.2, -0.15) is 4.98 Å². The van der Waals surface area contributed by atoms with Gasteiger partial charge in [0.15, 0.2) is 0 Å². The van der Waals surface area contributed by atoms with E-state index in [9.17, 15) is 0 Å². The van der Waals surface area contributed by atoms with E-state index >= 15 is 0 Å². The van der Waals surface area contributed by atoms with Crippen molar-refractivity contribution in [2.45, 2.75) is 27.2 Å². The molecule has 0 aliphatic rings. The Kier molecular flexibility index (Phi) is 5.39. The number of benzene rings is 1. The van der Waals surface area contributed by atoms with E-state index in [-0.39, 0.29) is 0 Å². The van der Waals surface area contributed by atoms with E-state index < -0.39 is 0 Å². The fourth-order valence-electron chi connectivity index (χ4n) is 2.05. The average molecular weight is 307 g/mol. The van der Waals surface area contributed by atoms with E-state index in [1.54, 1.807) is 6.07 Å². The normalized spacial score (nSPS) is 10.5. The number of aryl methyl sites for hydroxylation is 2. The first-order valence-electron chi connectivity index (χ1n) is 6.95. The predicted molar refractivity (Wildman–Crippen MR) is 83.3 cm³/mol. The van der Waals surface area contributed by atoms with Crippen LogP contribution >= 0.6 is 11.6 Å². The lowest BCUT2D eigenvalue weighted by atomic mass is 10.1. The van der Waals surface area contributed by atoms with Crippen molar-refractivity contribution in [3.05, 3.63) is 46.4 Å². The fraction of sp³-hybridized carbons (Fsp3) is 0.375. The third kappa shape index (κ3) is 4.33. The maximum absolute atomic E-state index is 5.96. The number of aromatic nitrogens is 2. The smallest absolute Gasteiger partial charge is 0.218 e. The Morgan fingerprint density at radius 3 is 2.48 bits per heavy atom. The zero-order valence-electron chi connectivity index (χ0n) is 12.5. The Hall–Kier alpha value is -1.81. The van der Waals surface area contributed by atoms with Gasteiger partial charge in [-0.1, -0.05) is 29.8 Å². The van der Waals surface area contributed by atoms with Crippen LogP contribution in [-0.2, 0) is 6.42 Å². The van der Waals surface area contributed by atoms with Gasteiger partial charge in [0.1, 0.15) is 16.7 Å². The summed E-state index contributed by atoms with van der Waals surface area (Å²) >= 11 is 5.96. The van der Waals surface area contributed by atoms with Gasteiger partial charge >= 0.3 is 0 Å². The second kappa shape index (κ2) is 7.27. The van der Waals surface area contributed by atoms with Gasteiger partial charge in [-0.15, -0.1) is 0 Å². The van der Waals surface area contributed by atoms with Crippen LogP contribution in [0.2, 0.25) is 5.15 Å². The van der Waals surface area contributed by atoms with Crippen LogP contribution in [0.1, 0.15) is 23.9 Å². The minimum atomic E-state index is 0.385. The Labute approximate surface area is 130 Å². The molecule has 4 nitrogen and oxygen atoms in total. The van der Waals surface area contributed by atoms with E-state index in [1.165, 1.54) is 0 Å². The summed E-state index contributed by atoms with van der Waals surface area (Å²) < 4.78 is 11.2. The monoisotopic (exact) mass is 306 g/mol. The van der Waals surface area contributed by atoms with Crippen LogP contribution < -0.4 is 9.47 Å². The third-order valence-electron chi connectivity index (χ3n) is 2.99. The molecule has 0 saturated heterocycles. The van der Waals surface area contributed by atoms with Gasteiger partial charge in [0.2, 0.25) is 5.88 Å². The summed E-state index contributed by atoms with van der Waals surface area (Å²) in [5, 5.41) is 0.385. The number of hydrogen-bond donors (Lipinski definition) is 0. The summed E-state index contributed by atoms with van der Waals surface area (Å²) in [4.78, 5) is 8.49. The SMILES string of the molecule is CCOc1cc(Cl)nc(CCOc2c(C)cccc2C)n1. The van der Waals surface area contributed by atoms with E-state index in [4.69, 9.17) is 21.1 Å². The zero-order valence-corrected chi connectivity index (χ0v) is 13.3. The molecule has 2 aromatic rings. The number of nitrogens with zero attached hydrogens (tertiary/aromatic N) is 2. The standard InChI is InChI=1S/C16H19ClN2O2/c1-4-20-15-10-13(17)18-14(19-15)8-9-21-16-11(2)6-5-7-12(16)3/h5-7,10H,4,8-9H2,1-3H3. The molecule has 21 heavy (non-hydrogen) atoms. The quantitative estimate of drug-likeness (QED) is 0.762. The Morgan fingerprint density at radius 1 is 1.10 bits per heavy atom. The molecule has 0 saturated carbocycles. The van der Waals surface area contributed by atoms with E-state index in [0.717, 1.165) is 16.9 Å². The molecule has 2 rings (SSSR count). The highest BCUT2D eigenvalue weighted by molar-refractivity contribution is 6.29. The van der Waals surface area contributed by atoms with Crippen LogP contribution in [0.15, 0.2) is 24.3 Å². The predicted octanol–water partition coefficient (Wildman–Crippen LogP) is 3.77. The van der Waals surface area contributed by atoms with Gasteiger partial charge in [0.05, 0.1) is 13.2 Å². The fourth-order valence-corrected chi connectivity index (χ4v) is 2.24. The Bertz CT molecular complexity index is 597. The minimum absolute atomic E-state index is 0.385. The maximum atomic E-state index is 5.96. The summed E-state index contributed by atoms with van der Waals surface area (Å²) in [7, 11) is 0. The summed E-state index contributed by atoms with van der Waals surface area (Å²) in [6, 6.07) is 7.70. The molecule has 0 atom stereocenters. The van der Waals surface area contributed by atoms with Crippen molar-refractivity contribution in [3.63, 3.8) is 0 Å². The molecule has 0 bridgehead atoms. The van der Waals surface area contributed by atoms with Crippen molar-refractivity contribution in [2.75, 3.05) is 13.2 Å². The van der Waals surface area contributed by atoms with Crippen molar-refractivity contribution >= 4 is 11.6 Å². The molecule has 0 fully saturated rings. The van der Waals surface area contributed by atoms with Gasteiger partial charge < -0.3 is 9.47 Å². The van der Waals surface area contributed by atoms with Crippen LogP contribution in [0.25, 0.3) is 0 Å². The molecule has 0 aliphatic heterocycles. The Morgan fingerprint density at radius 2 is 1.81 bits per heavy atom. The second-order valence-corrected chi connectivity index (χ2v) is 5.08. The lowest BCUT2D eigenvalue weighted by Crippen LogP contribution is -2.08. The molecule has 112 valence electrons. The summed E-state index contributed by atoms with van der Waals surface area (Å²) in [5.74, 6) is 2.04. The first-order valence-corrected chi connectivity index (χ1v) is 7.33. The topological polar surface area (TPSA) is 44.2 Å². The Balaban J connectivity index is 2.00. The van der Waals surface area contributed by atoms with Crippen molar-refractivity contribution < 1.29 is 9.47 Å². The molecular weight excluding hydrogens is 288 g/mol. The zero-order chi connectivity index (χ0) is 15.2. The highest BCUT2D eigenvalue weighted by Crippen LogP contribution is 2.22. The van der Waals surface area contributed by atoms with E-state index in [0.29, 0.717) is 36.5 Å². The van der Waals surface area contributed by atoms with Gasteiger partial charge in [-0.05, 0) is 31.9 Å². The molecule has 0 amide bonds. The molecule has 5 heteroatoms. The molecule has 0 radical (unpaired) electrons. The van der Waals surface area contributed by atoms with E-state index in [2.05, 4.69) is 9.97 Å². The van der Waals surface area contributed by atoms with Crippen LogP contribution in [0, 0.1) is 13.8 Å². The first-order chi connectivity index (χ1) is 10.1. The molecule has 1 heterocycles. The summed E-state index contributed by atoms with van der Waals surface area (Å²) in [6.45, 7) is 7.01. The molecule has 1 aromatic heterocycles. The highest BCUT2D eigenvalue weighted by atomic mass is 35.5. The maximum Gasteiger partial charge on any atom is 0.218 e. The van der Waals surface area contributed by atoms with Gasteiger partial charge in [0, 0.05) is 12.5 Å². The summed E-state index contributed by atoms with van der Waals surface area (Å²) in [6.07, 6.45) is 0.578. The van der Waals surface area contributed by atoms with Crippen molar-refractivity contribution in [2.24, 2.45) is 0 Å². The van der Waals surface area contributed by atoms with Crippen LogP contribution in [0.4, 0.5) is 0 Å². The van der Waals surface area contributed by atoms with Crippen molar-refractivity contribution in [1.82, 2.24) is 9.97 Å². The number of hydrogen-bond acceptors (Lipinski definition) is 4. The molecule has 0 unspecified atom stereocenters. The largest absolute Gasteiger partial charge is 0.493 e. The lowest BCUT2D eigenvalue weighted by molar-refractivity contribution is 0.308. The van der Waals surface area contributed by atoms with Crippen molar-refractivity contribution in [1.29, 1.82) is 0 Å². The number of para-hydroxylation sites is 1. The number of halogens is 1. The molecule has 1 aromatic carbocycles. The highest BCUT2D eigenvalue weighted by Gasteiger charge is 2.07. The molecule has 0 aliphatic carbocycles. The average Bonchev–Trinajstić information content (AvgIpc) is 2.42. The second-order valence-electron chi connectivity index (χ2n) is 4.70. The van der Waals surface area contributed by atoms with Crippen molar-refractivity contribution in [3.8, 4) is 11.6 Å².